The van der Waals surface area contributed by atoms with Crippen molar-refractivity contribution in [3.63, 3.8) is 0 Å². The number of rotatable bonds is 5. The minimum absolute atomic E-state index is 0.0864. The maximum absolute atomic E-state index is 6.33. The molecule has 54 heavy (non-hydrogen) atoms. The molecule has 3 heteroatoms. The number of thiophene rings is 1. The SMILES string of the molecule is CC1(C)c2ccccc2-c2c(-c3ccccc3N(c3cccc(-c4ccc5c(c4)oc4ccccc45)c3)c3ccc4sc5ccccc5c4c3)cccc21. The number of hydrogen-bond acceptors (Lipinski definition) is 3. The lowest BCUT2D eigenvalue weighted by Crippen LogP contribution is -2.14. The molecule has 0 amide bonds. The van der Waals surface area contributed by atoms with Gasteiger partial charge >= 0.3 is 0 Å². The van der Waals surface area contributed by atoms with Gasteiger partial charge in [-0.1, -0.05) is 129 Å². The van der Waals surface area contributed by atoms with Gasteiger partial charge in [0.25, 0.3) is 0 Å². The van der Waals surface area contributed by atoms with E-state index in [1.807, 2.05) is 23.5 Å². The molecular formula is C51H35NOS. The first-order valence-electron chi connectivity index (χ1n) is 18.6. The average Bonchev–Trinajstić information content (AvgIpc) is 3.85. The highest BCUT2D eigenvalue weighted by Gasteiger charge is 2.37. The highest BCUT2D eigenvalue weighted by Crippen LogP contribution is 2.54. The topological polar surface area (TPSA) is 16.4 Å². The van der Waals surface area contributed by atoms with Gasteiger partial charge in [-0.2, -0.15) is 0 Å². The fourth-order valence-corrected chi connectivity index (χ4v) is 9.97. The zero-order chi connectivity index (χ0) is 36.0. The molecule has 0 unspecified atom stereocenters. The largest absolute Gasteiger partial charge is 0.456 e. The number of anilines is 3. The Kier molecular flexibility index (Phi) is 6.80. The molecule has 0 saturated carbocycles. The van der Waals surface area contributed by atoms with Gasteiger partial charge in [0.15, 0.2) is 0 Å². The van der Waals surface area contributed by atoms with Crippen LogP contribution in [0, 0.1) is 0 Å². The van der Waals surface area contributed by atoms with Gasteiger partial charge in [0.2, 0.25) is 0 Å². The summed E-state index contributed by atoms with van der Waals surface area (Å²) in [4.78, 5) is 2.45. The molecule has 1 aliphatic carbocycles. The normalized spacial score (nSPS) is 13.1. The molecule has 0 radical (unpaired) electrons. The Morgan fingerprint density at radius 2 is 1.11 bits per heavy atom. The molecule has 2 heterocycles. The van der Waals surface area contributed by atoms with E-state index in [0.717, 1.165) is 50.1 Å². The van der Waals surface area contributed by atoms with Crippen molar-refractivity contribution in [2.75, 3.05) is 4.90 Å². The van der Waals surface area contributed by atoms with E-state index in [1.54, 1.807) is 0 Å². The monoisotopic (exact) mass is 709 g/mol. The van der Waals surface area contributed by atoms with Crippen molar-refractivity contribution in [3.8, 4) is 33.4 Å². The fourth-order valence-electron chi connectivity index (χ4n) is 8.89. The third kappa shape index (κ3) is 4.65. The van der Waals surface area contributed by atoms with Crippen LogP contribution in [0.2, 0.25) is 0 Å². The number of para-hydroxylation sites is 2. The van der Waals surface area contributed by atoms with E-state index in [2.05, 4.69) is 183 Å². The van der Waals surface area contributed by atoms with Crippen LogP contribution in [0.1, 0.15) is 25.0 Å². The fraction of sp³-hybridized carbons (Fsp3) is 0.0588. The zero-order valence-electron chi connectivity index (χ0n) is 30.0. The highest BCUT2D eigenvalue weighted by molar-refractivity contribution is 7.25. The molecular weight excluding hydrogens is 675 g/mol. The Balaban J connectivity index is 1.14. The maximum Gasteiger partial charge on any atom is 0.136 e. The van der Waals surface area contributed by atoms with Crippen LogP contribution in [-0.4, -0.2) is 0 Å². The predicted molar refractivity (Wildman–Crippen MR) is 230 cm³/mol. The lowest BCUT2D eigenvalue weighted by molar-refractivity contribution is 0.660. The summed E-state index contributed by atoms with van der Waals surface area (Å²) in [7, 11) is 0. The van der Waals surface area contributed by atoms with E-state index < -0.39 is 0 Å². The van der Waals surface area contributed by atoms with E-state index in [1.165, 1.54) is 53.6 Å². The van der Waals surface area contributed by atoms with Crippen LogP contribution in [0.4, 0.5) is 17.1 Å². The van der Waals surface area contributed by atoms with Crippen LogP contribution in [0.3, 0.4) is 0 Å². The van der Waals surface area contributed by atoms with Gasteiger partial charge in [0, 0.05) is 53.3 Å². The van der Waals surface area contributed by atoms with E-state index in [0.29, 0.717) is 0 Å². The van der Waals surface area contributed by atoms with Gasteiger partial charge in [-0.25, -0.2) is 0 Å². The summed E-state index contributed by atoms with van der Waals surface area (Å²) < 4.78 is 8.93. The summed E-state index contributed by atoms with van der Waals surface area (Å²) in [5, 5.41) is 4.85. The summed E-state index contributed by atoms with van der Waals surface area (Å²) in [5.74, 6) is 0. The summed E-state index contributed by atoms with van der Waals surface area (Å²) in [5.41, 5.74) is 15.2. The summed E-state index contributed by atoms with van der Waals surface area (Å²) in [6.07, 6.45) is 0. The molecule has 1 aliphatic rings. The lowest BCUT2D eigenvalue weighted by atomic mass is 9.82. The summed E-state index contributed by atoms with van der Waals surface area (Å²) in [6.45, 7) is 4.71. The Hall–Kier alpha value is -6.42. The van der Waals surface area contributed by atoms with Crippen molar-refractivity contribution < 1.29 is 4.42 Å². The van der Waals surface area contributed by atoms with E-state index in [9.17, 15) is 0 Å². The van der Waals surface area contributed by atoms with Crippen LogP contribution in [0.15, 0.2) is 180 Å². The summed E-state index contributed by atoms with van der Waals surface area (Å²) >= 11 is 1.86. The third-order valence-corrected chi connectivity index (χ3v) is 12.6. The van der Waals surface area contributed by atoms with Crippen LogP contribution >= 0.6 is 11.3 Å². The molecule has 0 saturated heterocycles. The number of fused-ring (bicyclic) bond motifs is 9. The average molecular weight is 710 g/mol. The van der Waals surface area contributed by atoms with Crippen LogP contribution in [0.5, 0.6) is 0 Å². The molecule has 0 spiro atoms. The van der Waals surface area contributed by atoms with E-state index in [-0.39, 0.29) is 5.41 Å². The predicted octanol–water partition coefficient (Wildman–Crippen LogP) is 15.1. The lowest BCUT2D eigenvalue weighted by Gasteiger charge is -2.29. The molecule has 8 aromatic carbocycles. The number of furan rings is 1. The Labute approximate surface area is 318 Å². The first-order valence-corrected chi connectivity index (χ1v) is 19.4. The highest BCUT2D eigenvalue weighted by atomic mass is 32.1. The second kappa shape index (κ2) is 11.8. The van der Waals surface area contributed by atoms with E-state index in [4.69, 9.17) is 4.42 Å². The molecule has 0 N–H and O–H groups in total. The van der Waals surface area contributed by atoms with Crippen molar-refractivity contribution >= 4 is 70.5 Å². The third-order valence-electron chi connectivity index (χ3n) is 11.5. The Morgan fingerprint density at radius 1 is 0.444 bits per heavy atom. The smallest absolute Gasteiger partial charge is 0.136 e. The quantitative estimate of drug-likeness (QED) is 0.177. The van der Waals surface area contributed by atoms with Crippen LogP contribution in [-0.2, 0) is 5.41 Å². The van der Waals surface area contributed by atoms with Gasteiger partial charge < -0.3 is 9.32 Å². The molecule has 2 aromatic heterocycles. The second-order valence-electron chi connectivity index (χ2n) is 14.9. The van der Waals surface area contributed by atoms with Gasteiger partial charge in [-0.05, 0) is 99.6 Å². The van der Waals surface area contributed by atoms with Crippen LogP contribution in [0.25, 0.3) is 75.5 Å². The van der Waals surface area contributed by atoms with Gasteiger partial charge in [0.1, 0.15) is 11.2 Å². The molecule has 0 aliphatic heterocycles. The van der Waals surface area contributed by atoms with Crippen molar-refractivity contribution in [2.45, 2.75) is 19.3 Å². The molecule has 2 nitrogen and oxygen atoms in total. The molecule has 0 atom stereocenters. The maximum atomic E-state index is 6.33. The molecule has 256 valence electrons. The molecule has 10 aromatic rings. The summed E-state index contributed by atoms with van der Waals surface area (Å²) in [6, 6.07) is 64.3. The van der Waals surface area contributed by atoms with Crippen molar-refractivity contribution in [2.24, 2.45) is 0 Å². The first kappa shape index (κ1) is 31.1. The Morgan fingerprint density at radius 3 is 2.04 bits per heavy atom. The zero-order valence-corrected chi connectivity index (χ0v) is 30.8. The standard InChI is InChI=1S/C51H35NOS/c1-51(2)43-20-7-3-18-41(43)50-40(19-12-21-44(50)51)36-15-4-8-22-45(36)52(35-26-28-49-42(31-35)39-17-6-10-24-48(39)54-49)34-14-11-13-32(29-34)33-25-27-38-37-16-5-9-23-46(37)53-47(38)30-33/h3-31H,1-2H3. The number of benzene rings is 8. The molecule has 11 rings (SSSR count). The van der Waals surface area contributed by atoms with Gasteiger partial charge in [-0.3, -0.25) is 0 Å². The van der Waals surface area contributed by atoms with Crippen molar-refractivity contribution in [1.82, 2.24) is 0 Å². The van der Waals surface area contributed by atoms with Gasteiger partial charge in [0.05, 0.1) is 5.69 Å². The van der Waals surface area contributed by atoms with E-state index >= 15 is 0 Å². The van der Waals surface area contributed by atoms with Crippen LogP contribution < -0.4 is 4.90 Å². The minimum Gasteiger partial charge on any atom is -0.456 e. The van der Waals surface area contributed by atoms with Crippen molar-refractivity contribution in [3.05, 3.63) is 187 Å². The van der Waals surface area contributed by atoms with Crippen molar-refractivity contribution in [1.29, 1.82) is 0 Å². The van der Waals surface area contributed by atoms with Gasteiger partial charge in [-0.15, -0.1) is 11.3 Å². The Bertz CT molecular complexity index is 3110. The second-order valence-corrected chi connectivity index (χ2v) is 16.0. The molecule has 0 bridgehead atoms. The minimum atomic E-state index is -0.0864. The number of hydrogen-bond donors (Lipinski definition) is 0. The first-order chi connectivity index (χ1) is 26.5. The number of nitrogens with zero attached hydrogens (tertiary/aromatic N) is 1. The molecule has 0 fully saturated rings.